The van der Waals surface area contributed by atoms with Gasteiger partial charge in [0, 0.05) is 19.1 Å². The largest absolute Gasteiger partial charge is 0.492 e. The summed E-state index contributed by atoms with van der Waals surface area (Å²) in [6.45, 7) is 11.1. The van der Waals surface area contributed by atoms with Gasteiger partial charge in [0.05, 0.1) is 13.2 Å². The van der Waals surface area contributed by atoms with Gasteiger partial charge in [-0.25, -0.2) is 9.79 Å². The molecule has 0 aromatic heterocycles. The maximum atomic E-state index is 11.7. The Balaban J connectivity index is 0.00000420. The van der Waals surface area contributed by atoms with Crippen molar-refractivity contribution >= 4 is 36.0 Å². The Morgan fingerprint density at radius 1 is 1.24 bits per heavy atom. The van der Waals surface area contributed by atoms with Crippen LogP contribution >= 0.6 is 24.0 Å². The molecule has 1 amide bonds. The Hall–Kier alpha value is -1.71. The molecule has 164 valence electrons. The second-order valence-corrected chi connectivity index (χ2v) is 7.99. The normalized spacial score (nSPS) is 15.4. The van der Waals surface area contributed by atoms with E-state index in [-0.39, 0.29) is 41.5 Å². The van der Waals surface area contributed by atoms with Crippen molar-refractivity contribution in [1.29, 1.82) is 0 Å². The number of carbonyl (C=O) groups excluding carboxylic acids is 1. The molecule has 0 radical (unpaired) electrons. The van der Waals surface area contributed by atoms with E-state index < -0.39 is 0 Å². The van der Waals surface area contributed by atoms with Crippen LogP contribution in [-0.2, 0) is 10.2 Å². The fraction of sp³-hybridized carbons (Fsp3) is 0.619. The number of rotatable bonds is 6. The number of carbonyl (C=O) groups is 1. The van der Waals surface area contributed by atoms with E-state index in [4.69, 9.17) is 15.2 Å². The molecule has 1 fully saturated rings. The standard InChI is InChI=1S/C21H34N4O3.HI/c1-5-27-20(26)25-13-10-17(11-14-25)24-19(22)23-12-15-28-18-8-6-16(7-9-18)21(2,3)4;/h6-9,17H,5,10-15H2,1-4H3,(H3,22,23,24);1H. The van der Waals surface area contributed by atoms with Crippen molar-refractivity contribution in [2.75, 3.05) is 32.8 Å². The van der Waals surface area contributed by atoms with E-state index in [9.17, 15) is 4.79 Å². The van der Waals surface area contributed by atoms with E-state index in [1.807, 2.05) is 19.1 Å². The molecule has 1 aliphatic rings. The number of nitrogens with one attached hydrogen (secondary N) is 1. The number of hydrogen-bond donors (Lipinski definition) is 2. The zero-order valence-electron chi connectivity index (χ0n) is 17.9. The first-order valence-electron chi connectivity index (χ1n) is 10.0. The molecule has 1 aromatic carbocycles. The van der Waals surface area contributed by atoms with Gasteiger partial charge < -0.3 is 25.4 Å². The van der Waals surface area contributed by atoms with Gasteiger partial charge in [0.15, 0.2) is 5.96 Å². The molecule has 8 heteroatoms. The van der Waals surface area contributed by atoms with Crippen LogP contribution in [0.5, 0.6) is 5.75 Å². The van der Waals surface area contributed by atoms with Crippen molar-refractivity contribution in [3.8, 4) is 5.75 Å². The number of aliphatic imine (C=N–C) groups is 1. The lowest BCUT2D eigenvalue weighted by Gasteiger charge is -2.31. The number of piperidine rings is 1. The summed E-state index contributed by atoms with van der Waals surface area (Å²) in [5, 5.41) is 3.23. The fourth-order valence-electron chi connectivity index (χ4n) is 3.06. The molecule has 0 aliphatic carbocycles. The Labute approximate surface area is 191 Å². The van der Waals surface area contributed by atoms with Crippen molar-refractivity contribution in [3.05, 3.63) is 29.8 Å². The summed E-state index contributed by atoms with van der Waals surface area (Å²) in [6.07, 6.45) is 1.41. The van der Waals surface area contributed by atoms with Crippen LogP contribution in [0, 0.1) is 0 Å². The number of benzene rings is 1. The Morgan fingerprint density at radius 2 is 1.86 bits per heavy atom. The highest BCUT2D eigenvalue weighted by Crippen LogP contribution is 2.24. The fourth-order valence-corrected chi connectivity index (χ4v) is 3.06. The van der Waals surface area contributed by atoms with Crippen molar-refractivity contribution < 1.29 is 14.3 Å². The van der Waals surface area contributed by atoms with Crippen LogP contribution < -0.4 is 15.8 Å². The summed E-state index contributed by atoms with van der Waals surface area (Å²) in [7, 11) is 0. The van der Waals surface area contributed by atoms with Gasteiger partial charge in [-0.05, 0) is 42.9 Å². The lowest BCUT2D eigenvalue weighted by Crippen LogP contribution is -2.48. The van der Waals surface area contributed by atoms with Crippen LogP contribution in [0.2, 0.25) is 0 Å². The topological polar surface area (TPSA) is 89.2 Å². The van der Waals surface area contributed by atoms with Crippen molar-refractivity contribution in [2.24, 2.45) is 10.7 Å². The number of hydrogen-bond acceptors (Lipinski definition) is 4. The summed E-state index contributed by atoms with van der Waals surface area (Å²) < 4.78 is 10.8. The molecule has 0 saturated carbocycles. The zero-order chi connectivity index (χ0) is 20.6. The molecule has 2 rings (SSSR count). The van der Waals surface area contributed by atoms with Crippen LogP contribution in [-0.4, -0.2) is 55.8 Å². The van der Waals surface area contributed by atoms with E-state index in [1.54, 1.807) is 4.90 Å². The number of nitrogens with zero attached hydrogens (tertiary/aromatic N) is 2. The quantitative estimate of drug-likeness (QED) is 0.261. The first-order chi connectivity index (χ1) is 13.3. The van der Waals surface area contributed by atoms with Crippen LogP contribution in [0.15, 0.2) is 29.3 Å². The summed E-state index contributed by atoms with van der Waals surface area (Å²) in [5.41, 5.74) is 7.38. The second kappa shape index (κ2) is 12.1. The molecule has 7 nitrogen and oxygen atoms in total. The minimum Gasteiger partial charge on any atom is -0.492 e. The lowest BCUT2D eigenvalue weighted by molar-refractivity contribution is 0.0963. The molecule has 3 N–H and O–H groups in total. The zero-order valence-corrected chi connectivity index (χ0v) is 20.3. The third-order valence-electron chi connectivity index (χ3n) is 4.74. The third kappa shape index (κ3) is 8.67. The molecule has 1 aliphatic heterocycles. The Kier molecular flexibility index (Phi) is 10.6. The predicted octanol–water partition coefficient (Wildman–Crippen LogP) is 3.51. The number of guanidine groups is 1. The van der Waals surface area contributed by atoms with Gasteiger partial charge in [-0.15, -0.1) is 24.0 Å². The summed E-state index contributed by atoms with van der Waals surface area (Å²) in [4.78, 5) is 17.8. The molecule has 1 heterocycles. The molecule has 0 spiro atoms. The minimum atomic E-state index is -0.240. The molecule has 0 bridgehead atoms. The molecule has 0 atom stereocenters. The second-order valence-electron chi connectivity index (χ2n) is 7.99. The van der Waals surface area contributed by atoms with Crippen molar-refractivity contribution in [3.63, 3.8) is 0 Å². The van der Waals surface area contributed by atoms with E-state index >= 15 is 0 Å². The summed E-state index contributed by atoms with van der Waals surface area (Å²) in [5.74, 6) is 1.25. The molecule has 1 saturated heterocycles. The van der Waals surface area contributed by atoms with E-state index in [0.717, 1.165) is 18.6 Å². The van der Waals surface area contributed by atoms with E-state index in [2.05, 4.69) is 43.2 Å². The van der Waals surface area contributed by atoms with Crippen molar-refractivity contribution in [1.82, 2.24) is 10.2 Å². The first kappa shape index (κ1) is 25.3. The van der Waals surface area contributed by atoms with Crippen molar-refractivity contribution in [2.45, 2.75) is 52.0 Å². The predicted molar refractivity (Wildman–Crippen MR) is 127 cm³/mol. The van der Waals surface area contributed by atoms with E-state index in [1.165, 1.54) is 5.56 Å². The average molecular weight is 518 g/mol. The highest BCUT2D eigenvalue weighted by Gasteiger charge is 2.23. The monoisotopic (exact) mass is 518 g/mol. The van der Waals surface area contributed by atoms with Crippen LogP contribution in [0.25, 0.3) is 0 Å². The minimum absolute atomic E-state index is 0. The number of amides is 1. The van der Waals surface area contributed by atoms with Gasteiger partial charge in [-0.3, -0.25) is 0 Å². The smallest absolute Gasteiger partial charge is 0.409 e. The molecular weight excluding hydrogens is 483 g/mol. The van der Waals surface area contributed by atoms with Crippen LogP contribution in [0.4, 0.5) is 4.79 Å². The molecule has 1 aromatic rings. The maximum absolute atomic E-state index is 11.7. The number of nitrogens with two attached hydrogens (primary N) is 1. The first-order valence-corrected chi connectivity index (χ1v) is 10.0. The van der Waals surface area contributed by atoms with Gasteiger partial charge in [0.25, 0.3) is 0 Å². The molecule has 0 unspecified atom stereocenters. The summed E-state index contributed by atoms with van der Waals surface area (Å²) >= 11 is 0. The molecular formula is C21H35IN4O3. The third-order valence-corrected chi connectivity index (χ3v) is 4.74. The van der Waals surface area contributed by atoms with Gasteiger partial charge >= 0.3 is 6.09 Å². The van der Waals surface area contributed by atoms with E-state index in [0.29, 0.717) is 38.8 Å². The van der Waals surface area contributed by atoms with Gasteiger partial charge in [0.2, 0.25) is 0 Å². The Morgan fingerprint density at radius 3 is 2.41 bits per heavy atom. The SMILES string of the molecule is CCOC(=O)N1CCC(NC(N)=NCCOc2ccc(C(C)(C)C)cc2)CC1.I. The lowest BCUT2D eigenvalue weighted by atomic mass is 9.87. The van der Waals surface area contributed by atoms with Gasteiger partial charge in [-0.1, -0.05) is 32.9 Å². The number of halogens is 1. The summed E-state index contributed by atoms with van der Waals surface area (Å²) in [6, 6.07) is 8.39. The van der Waals surface area contributed by atoms with Crippen LogP contribution in [0.1, 0.15) is 46.1 Å². The van der Waals surface area contributed by atoms with Gasteiger partial charge in [-0.2, -0.15) is 0 Å². The van der Waals surface area contributed by atoms with Gasteiger partial charge in [0.1, 0.15) is 12.4 Å². The number of ether oxygens (including phenoxy) is 2. The highest BCUT2D eigenvalue weighted by molar-refractivity contribution is 14.0. The number of likely N-dealkylation sites (tertiary alicyclic amines) is 1. The highest BCUT2D eigenvalue weighted by atomic mass is 127. The average Bonchev–Trinajstić information content (AvgIpc) is 2.66. The van der Waals surface area contributed by atoms with Crippen LogP contribution in [0.3, 0.4) is 0 Å². The maximum Gasteiger partial charge on any atom is 0.409 e. The Bertz CT molecular complexity index is 651. The molecule has 29 heavy (non-hydrogen) atoms.